The van der Waals surface area contributed by atoms with Crippen molar-refractivity contribution < 1.29 is 24.0 Å². The number of nitrogens with zero attached hydrogens (tertiary/aromatic N) is 1. The van der Waals surface area contributed by atoms with E-state index in [1.165, 1.54) is 25.7 Å². The van der Waals surface area contributed by atoms with Crippen molar-refractivity contribution in [3.05, 3.63) is 0 Å². The van der Waals surface area contributed by atoms with Gasteiger partial charge in [-0.2, -0.15) is 0 Å². The normalized spacial score (nSPS) is 8.17. The minimum absolute atomic E-state index is 0. The van der Waals surface area contributed by atoms with Crippen molar-refractivity contribution in [3.8, 4) is 0 Å². The Balaban J connectivity index is 0. The van der Waals surface area contributed by atoms with E-state index in [2.05, 4.69) is 18.5 Å². The van der Waals surface area contributed by atoms with E-state index in [-0.39, 0.29) is 24.0 Å². The summed E-state index contributed by atoms with van der Waals surface area (Å²) < 4.78 is 4.20. The van der Waals surface area contributed by atoms with Crippen LogP contribution >= 0.6 is 0 Å². The molecule has 1 nitrogen and oxygen atoms in total. The van der Waals surface area contributed by atoms with E-state index in [1.54, 1.807) is 0 Å². The van der Waals surface area contributed by atoms with Gasteiger partial charge in [0.05, 0.1) is 0 Å². The zero-order valence-corrected chi connectivity index (χ0v) is 10.4. The Kier molecular flexibility index (Phi) is 16.8. The van der Waals surface area contributed by atoms with Crippen molar-refractivity contribution in [1.82, 2.24) is 4.67 Å². The van der Waals surface area contributed by atoms with Crippen LogP contribution in [0.3, 0.4) is 0 Å². The van der Waals surface area contributed by atoms with Crippen molar-refractivity contribution in [1.29, 1.82) is 0 Å². The molecule has 0 aromatic heterocycles. The average molecular weight is 281 g/mol. The molecule has 0 atom stereocenters. The first kappa shape index (κ1) is 14.7. The Hall–Kier alpha value is 0.180. The Morgan fingerprint density at radius 2 is 1.33 bits per heavy atom. The maximum absolute atomic E-state index is 4.20. The van der Waals surface area contributed by atoms with Gasteiger partial charge in [0, 0.05) is 12.8 Å². The fraction of sp³-hybridized carbons (Fsp3) is 0.800. The first-order valence-electron chi connectivity index (χ1n) is 4.75. The molecule has 0 bridgehead atoms. The third-order valence-corrected chi connectivity index (χ3v) is 1.58. The summed E-state index contributed by atoms with van der Waals surface area (Å²) in [5.41, 5.74) is 0. The number of hydrogen-bond donors (Lipinski definition) is 0. The third kappa shape index (κ3) is 12.8. The lowest BCUT2D eigenvalue weighted by Crippen LogP contribution is -3.00. The first-order chi connectivity index (χ1) is 5.41. The number of halogens is 1. The van der Waals surface area contributed by atoms with Crippen molar-refractivity contribution in [2.45, 2.75) is 52.4 Å². The fourth-order valence-electron chi connectivity index (χ4n) is 0.814. The van der Waals surface area contributed by atoms with Crippen LogP contribution in [0.15, 0.2) is 0 Å². The standard InChI is InChI=1S/C10H20N.HI/c1-3-5-7-9-11-10-8-6-4-2;/h9-10H,3-8H2,1-2H3;1H/q+1;/p-1. The second kappa shape index (κ2) is 13.7. The van der Waals surface area contributed by atoms with Crippen LogP contribution in [-0.4, -0.2) is 12.4 Å². The summed E-state index contributed by atoms with van der Waals surface area (Å²) in [6, 6.07) is 0. The largest absolute Gasteiger partial charge is 1.00 e. The summed E-state index contributed by atoms with van der Waals surface area (Å²) in [6.45, 7) is 4.41. The van der Waals surface area contributed by atoms with Crippen LogP contribution in [0.1, 0.15) is 52.4 Å². The van der Waals surface area contributed by atoms with E-state index in [9.17, 15) is 0 Å². The molecule has 0 fully saturated rings. The van der Waals surface area contributed by atoms with Gasteiger partial charge in [0.15, 0.2) is 0 Å². The van der Waals surface area contributed by atoms with Gasteiger partial charge < -0.3 is 24.0 Å². The Labute approximate surface area is 93.4 Å². The van der Waals surface area contributed by atoms with Crippen LogP contribution < -0.4 is 28.6 Å². The minimum Gasteiger partial charge on any atom is -1.00 e. The molecule has 0 radical (unpaired) electrons. The predicted molar refractivity (Wildman–Crippen MR) is 53.3 cm³/mol. The lowest BCUT2D eigenvalue weighted by molar-refractivity contribution is -0.00000259. The maximum Gasteiger partial charge on any atom is 0.268 e. The number of rotatable bonds is 6. The van der Waals surface area contributed by atoms with Crippen LogP contribution in [0.5, 0.6) is 0 Å². The summed E-state index contributed by atoms with van der Waals surface area (Å²) >= 11 is 0. The third-order valence-electron chi connectivity index (χ3n) is 1.58. The van der Waals surface area contributed by atoms with Crippen molar-refractivity contribution in [2.24, 2.45) is 0 Å². The number of unbranched alkanes of at least 4 members (excludes halogenated alkanes) is 4. The molecule has 0 saturated heterocycles. The molecule has 0 N–H and O–H groups in total. The second-order valence-electron chi connectivity index (χ2n) is 2.80. The SMILES string of the molecule is CCCCC=[N+]=CCCCC.[I-]. The van der Waals surface area contributed by atoms with Gasteiger partial charge in [-0.05, 0) is 12.8 Å². The van der Waals surface area contributed by atoms with Crippen LogP contribution in [0, 0.1) is 0 Å². The van der Waals surface area contributed by atoms with Crippen molar-refractivity contribution >= 4 is 12.4 Å². The van der Waals surface area contributed by atoms with Gasteiger partial charge in [0.25, 0.3) is 12.4 Å². The molecule has 0 aromatic rings. The van der Waals surface area contributed by atoms with E-state index >= 15 is 0 Å². The highest BCUT2D eigenvalue weighted by Crippen LogP contribution is 1.88. The van der Waals surface area contributed by atoms with E-state index in [0.717, 1.165) is 12.8 Å². The van der Waals surface area contributed by atoms with Gasteiger partial charge in [-0.15, -0.1) is 4.67 Å². The molecule has 2 heteroatoms. The van der Waals surface area contributed by atoms with Gasteiger partial charge >= 0.3 is 0 Å². The highest BCUT2D eigenvalue weighted by atomic mass is 127. The maximum atomic E-state index is 4.20. The zero-order valence-electron chi connectivity index (χ0n) is 8.22. The van der Waals surface area contributed by atoms with Gasteiger partial charge in [0.2, 0.25) is 0 Å². The molecule has 0 unspecified atom stereocenters. The monoisotopic (exact) mass is 281 g/mol. The molecule has 72 valence electrons. The van der Waals surface area contributed by atoms with Crippen LogP contribution in [0.2, 0.25) is 0 Å². The summed E-state index contributed by atoms with van der Waals surface area (Å²) in [4.78, 5) is 0. The molecule has 12 heavy (non-hydrogen) atoms. The molecule has 0 saturated carbocycles. The van der Waals surface area contributed by atoms with Crippen molar-refractivity contribution in [2.75, 3.05) is 0 Å². The Morgan fingerprint density at radius 3 is 1.67 bits per heavy atom. The van der Waals surface area contributed by atoms with Gasteiger partial charge in [-0.3, -0.25) is 0 Å². The molecule has 0 aliphatic carbocycles. The molecule has 0 spiro atoms. The van der Waals surface area contributed by atoms with Crippen molar-refractivity contribution in [3.63, 3.8) is 0 Å². The predicted octanol–water partition coefficient (Wildman–Crippen LogP) is -0.420. The fourth-order valence-corrected chi connectivity index (χ4v) is 0.814. The molecule has 0 rings (SSSR count). The van der Waals surface area contributed by atoms with Gasteiger partial charge in [-0.25, -0.2) is 0 Å². The van der Waals surface area contributed by atoms with Crippen LogP contribution in [-0.2, 0) is 0 Å². The van der Waals surface area contributed by atoms with Gasteiger partial charge in [-0.1, -0.05) is 26.7 Å². The zero-order chi connectivity index (χ0) is 8.36. The van der Waals surface area contributed by atoms with E-state index < -0.39 is 0 Å². The summed E-state index contributed by atoms with van der Waals surface area (Å²) in [7, 11) is 0. The van der Waals surface area contributed by atoms with E-state index in [1.807, 2.05) is 12.4 Å². The lowest BCUT2D eigenvalue weighted by Gasteiger charge is -1.79. The molecule has 0 aromatic carbocycles. The molecule has 0 heterocycles. The molecule has 0 aliphatic rings. The summed E-state index contributed by atoms with van der Waals surface area (Å²) in [6.07, 6.45) is 11.4. The van der Waals surface area contributed by atoms with Gasteiger partial charge in [0.1, 0.15) is 0 Å². The average Bonchev–Trinajstić information content (AvgIpc) is 2.03. The second-order valence-corrected chi connectivity index (χ2v) is 2.80. The highest BCUT2D eigenvalue weighted by molar-refractivity contribution is 5.65. The highest BCUT2D eigenvalue weighted by Gasteiger charge is 1.85. The summed E-state index contributed by atoms with van der Waals surface area (Å²) in [5, 5.41) is 0. The van der Waals surface area contributed by atoms with E-state index in [0.29, 0.717) is 0 Å². The smallest absolute Gasteiger partial charge is 0.268 e. The molecule has 0 aliphatic heterocycles. The minimum atomic E-state index is 0. The molecular formula is C10H20IN. The van der Waals surface area contributed by atoms with Crippen LogP contribution in [0.25, 0.3) is 0 Å². The number of hydrogen-bond acceptors (Lipinski definition) is 0. The molecular weight excluding hydrogens is 261 g/mol. The van der Waals surface area contributed by atoms with Crippen LogP contribution in [0.4, 0.5) is 0 Å². The summed E-state index contributed by atoms with van der Waals surface area (Å²) in [5.74, 6) is 0. The quantitative estimate of drug-likeness (QED) is 0.272. The lowest BCUT2D eigenvalue weighted by atomic mass is 10.3. The first-order valence-corrected chi connectivity index (χ1v) is 4.75. The topological polar surface area (TPSA) is 14.1 Å². The Bertz CT molecular complexity index is 114. The Morgan fingerprint density at radius 1 is 0.917 bits per heavy atom. The van der Waals surface area contributed by atoms with E-state index in [4.69, 9.17) is 0 Å². The molecule has 0 amide bonds.